The van der Waals surface area contributed by atoms with Gasteiger partial charge in [-0.25, -0.2) is 0 Å². The SMILES string of the molecule is CCN(CC)c1[nH]c2ccccc2c1OC. The third kappa shape index (κ3) is 1.62. The predicted octanol–water partition coefficient (Wildman–Crippen LogP) is 3.02. The fourth-order valence-corrected chi connectivity index (χ4v) is 2.07. The first-order valence-electron chi connectivity index (χ1n) is 5.71. The first-order chi connectivity index (χ1) is 7.81. The number of aromatic nitrogens is 1. The van der Waals surface area contributed by atoms with Gasteiger partial charge in [0.15, 0.2) is 5.75 Å². The van der Waals surface area contributed by atoms with Crippen molar-refractivity contribution >= 4 is 16.7 Å². The molecule has 0 spiro atoms. The maximum absolute atomic E-state index is 5.51. The third-order valence-electron chi connectivity index (χ3n) is 2.92. The lowest BCUT2D eigenvalue weighted by molar-refractivity contribution is 0.419. The maximum atomic E-state index is 5.51. The highest BCUT2D eigenvalue weighted by molar-refractivity contribution is 5.92. The Morgan fingerprint density at radius 2 is 1.88 bits per heavy atom. The summed E-state index contributed by atoms with van der Waals surface area (Å²) < 4.78 is 5.51. The summed E-state index contributed by atoms with van der Waals surface area (Å²) in [6.07, 6.45) is 0. The summed E-state index contributed by atoms with van der Waals surface area (Å²) in [5, 5.41) is 1.15. The lowest BCUT2D eigenvalue weighted by atomic mass is 10.2. The van der Waals surface area contributed by atoms with Crippen LogP contribution in [0, 0.1) is 0 Å². The number of methoxy groups -OCH3 is 1. The van der Waals surface area contributed by atoms with Crippen LogP contribution in [0.1, 0.15) is 13.8 Å². The van der Waals surface area contributed by atoms with E-state index in [-0.39, 0.29) is 0 Å². The van der Waals surface area contributed by atoms with Gasteiger partial charge in [0.2, 0.25) is 0 Å². The lowest BCUT2D eigenvalue weighted by Gasteiger charge is -2.20. The Labute approximate surface area is 96.0 Å². The number of hydrogen-bond acceptors (Lipinski definition) is 2. The molecule has 0 aliphatic rings. The molecule has 0 saturated heterocycles. The molecule has 3 heteroatoms. The summed E-state index contributed by atoms with van der Waals surface area (Å²) in [4.78, 5) is 5.68. The molecule has 3 nitrogen and oxygen atoms in total. The number of nitrogens with one attached hydrogen (secondary N) is 1. The van der Waals surface area contributed by atoms with Crippen LogP contribution in [0.5, 0.6) is 5.75 Å². The van der Waals surface area contributed by atoms with Crippen LogP contribution in [0.3, 0.4) is 0 Å². The van der Waals surface area contributed by atoms with Crippen LogP contribution in [-0.4, -0.2) is 25.2 Å². The molecular weight excluding hydrogens is 200 g/mol. The molecule has 0 aliphatic carbocycles. The van der Waals surface area contributed by atoms with Crippen molar-refractivity contribution in [2.24, 2.45) is 0 Å². The van der Waals surface area contributed by atoms with E-state index in [1.165, 1.54) is 0 Å². The molecule has 1 aromatic carbocycles. The van der Waals surface area contributed by atoms with Crippen LogP contribution in [0.2, 0.25) is 0 Å². The van der Waals surface area contributed by atoms with E-state index in [4.69, 9.17) is 4.74 Å². The molecule has 0 unspecified atom stereocenters. The van der Waals surface area contributed by atoms with E-state index in [1.807, 2.05) is 12.1 Å². The molecule has 2 rings (SSSR count). The molecule has 1 N–H and O–H groups in total. The summed E-state index contributed by atoms with van der Waals surface area (Å²) in [6.45, 7) is 6.24. The Morgan fingerprint density at radius 1 is 1.19 bits per heavy atom. The normalized spacial score (nSPS) is 10.7. The van der Waals surface area contributed by atoms with Gasteiger partial charge in [-0.3, -0.25) is 0 Å². The zero-order valence-corrected chi connectivity index (χ0v) is 10.1. The van der Waals surface area contributed by atoms with Crippen molar-refractivity contribution in [3.63, 3.8) is 0 Å². The maximum Gasteiger partial charge on any atom is 0.168 e. The molecule has 0 saturated carbocycles. The topological polar surface area (TPSA) is 28.3 Å². The zero-order valence-electron chi connectivity index (χ0n) is 10.1. The Balaban J connectivity index is 2.60. The molecular formula is C13H18N2O. The van der Waals surface area contributed by atoms with Crippen LogP contribution in [-0.2, 0) is 0 Å². The van der Waals surface area contributed by atoms with Crippen LogP contribution >= 0.6 is 0 Å². The molecule has 0 fully saturated rings. The highest BCUT2D eigenvalue weighted by Crippen LogP contribution is 2.35. The van der Waals surface area contributed by atoms with Gasteiger partial charge >= 0.3 is 0 Å². The standard InChI is InChI=1S/C13H18N2O/c1-4-15(5-2)13-12(16-3)10-8-6-7-9-11(10)14-13/h6-9,14H,4-5H2,1-3H3. The average Bonchev–Trinajstić information content (AvgIpc) is 2.69. The fraction of sp³-hybridized carbons (Fsp3) is 0.385. The van der Waals surface area contributed by atoms with Gasteiger partial charge in [0.25, 0.3) is 0 Å². The smallest absolute Gasteiger partial charge is 0.168 e. The van der Waals surface area contributed by atoms with Crippen LogP contribution < -0.4 is 9.64 Å². The number of ether oxygens (including phenoxy) is 1. The Hall–Kier alpha value is -1.64. The number of H-pyrrole nitrogens is 1. The second-order valence-corrected chi connectivity index (χ2v) is 3.72. The number of rotatable bonds is 4. The zero-order chi connectivity index (χ0) is 11.5. The van der Waals surface area contributed by atoms with Gasteiger partial charge < -0.3 is 14.6 Å². The van der Waals surface area contributed by atoms with E-state index in [0.717, 1.165) is 35.6 Å². The second-order valence-electron chi connectivity index (χ2n) is 3.72. The van der Waals surface area contributed by atoms with Crippen molar-refractivity contribution in [1.29, 1.82) is 0 Å². The quantitative estimate of drug-likeness (QED) is 0.854. The number of benzene rings is 1. The number of para-hydroxylation sites is 1. The van der Waals surface area contributed by atoms with Crippen molar-refractivity contribution in [3.8, 4) is 5.75 Å². The van der Waals surface area contributed by atoms with Gasteiger partial charge in [-0.2, -0.15) is 0 Å². The van der Waals surface area contributed by atoms with Crippen molar-refractivity contribution in [2.75, 3.05) is 25.1 Å². The van der Waals surface area contributed by atoms with Gasteiger partial charge in [-0.1, -0.05) is 12.1 Å². The molecule has 0 radical (unpaired) electrons. The molecule has 16 heavy (non-hydrogen) atoms. The van der Waals surface area contributed by atoms with Crippen molar-refractivity contribution in [3.05, 3.63) is 24.3 Å². The molecule has 0 bridgehead atoms. The molecule has 0 aliphatic heterocycles. The van der Waals surface area contributed by atoms with E-state index in [2.05, 4.69) is 35.9 Å². The number of fused-ring (bicyclic) bond motifs is 1. The van der Waals surface area contributed by atoms with Crippen molar-refractivity contribution in [1.82, 2.24) is 4.98 Å². The lowest BCUT2D eigenvalue weighted by Crippen LogP contribution is -2.22. The van der Waals surface area contributed by atoms with E-state index >= 15 is 0 Å². The first kappa shape index (κ1) is 10.9. The monoisotopic (exact) mass is 218 g/mol. The van der Waals surface area contributed by atoms with Gasteiger partial charge in [0.1, 0.15) is 5.82 Å². The number of anilines is 1. The van der Waals surface area contributed by atoms with Gasteiger partial charge in [-0.15, -0.1) is 0 Å². The van der Waals surface area contributed by atoms with Gasteiger partial charge in [0.05, 0.1) is 12.6 Å². The van der Waals surface area contributed by atoms with E-state index in [9.17, 15) is 0 Å². The molecule has 0 atom stereocenters. The second kappa shape index (κ2) is 4.47. The molecule has 86 valence electrons. The molecule has 0 amide bonds. The van der Waals surface area contributed by atoms with Crippen molar-refractivity contribution < 1.29 is 4.74 Å². The minimum Gasteiger partial charge on any atom is -0.492 e. The van der Waals surface area contributed by atoms with E-state index in [0.29, 0.717) is 0 Å². The highest BCUT2D eigenvalue weighted by atomic mass is 16.5. The largest absolute Gasteiger partial charge is 0.492 e. The first-order valence-corrected chi connectivity index (χ1v) is 5.71. The van der Waals surface area contributed by atoms with E-state index in [1.54, 1.807) is 7.11 Å². The average molecular weight is 218 g/mol. The minimum atomic E-state index is 0.944. The minimum absolute atomic E-state index is 0.944. The Bertz CT molecular complexity index is 472. The van der Waals surface area contributed by atoms with Crippen molar-refractivity contribution in [2.45, 2.75) is 13.8 Å². The Kier molecular flexibility index (Phi) is 3.04. The molecule has 1 heterocycles. The number of nitrogens with zero attached hydrogens (tertiary/aromatic N) is 1. The van der Waals surface area contributed by atoms with Crippen LogP contribution in [0.15, 0.2) is 24.3 Å². The third-order valence-corrected chi connectivity index (χ3v) is 2.92. The summed E-state index contributed by atoms with van der Waals surface area (Å²) in [6, 6.07) is 8.22. The van der Waals surface area contributed by atoms with Crippen LogP contribution in [0.25, 0.3) is 10.9 Å². The Morgan fingerprint density at radius 3 is 2.50 bits per heavy atom. The molecule has 2 aromatic rings. The van der Waals surface area contributed by atoms with Crippen LogP contribution in [0.4, 0.5) is 5.82 Å². The highest BCUT2D eigenvalue weighted by Gasteiger charge is 2.15. The van der Waals surface area contributed by atoms with Gasteiger partial charge in [0, 0.05) is 18.5 Å². The summed E-state index contributed by atoms with van der Waals surface area (Å²) in [7, 11) is 1.72. The fourth-order valence-electron chi connectivity index (χ4n) is 2.07. The number of aromatic amines is 1. The van der Waals surface area contributed by atoms with Gasteiger partial charge in [-0.05, 0) is 26.0 Å². The summed E-state index contributed by atoms with van der Waals surface area (Å²) >= 11 is 0. The predicted molar refractivity (Wildman–Crippen MR) is 68.4 cm³/mol. The van der Waals surface area contributed by atoms with E-state index < -0.39 is 0 Å². The number of hydrogen-bond donors (Lipinski definition) is 1. The summed E-state index contributed by atoms with van der Waals surface area (Å²) in [5.74, 6) is 2.02. The molecule has 1 aromatic heterocycles. The summed E-state index contributed by atoms with van der Waals surface area (Å²) in [5.41, 5.74) is 1.13.